The summed E-state index contributed by atoms with van der Waals surface area (Å²) in [6.07, 6.45) is 1.71. The van der Waals surface area contributed by atoms with Gasteiger partial charge in [0.25, 0.3) is 0 Å². The molecule has 1 aromatic heterocycles. The van der Waals surface area contributed by atoms with E-state index in [0.29, 0.717) is 11.4 Å². The lowest BCUT2D eigenvalue weighted by Crippen LogP contribution is -2.17. The molecule has 3 nitrogen and oxygen atoms in total. The topological polar surface area (TPSA) is 38.0 Å². The van der Waals surface area contributed by atoms with Crippen LogP contribution in [0.2, 0.25) is 5.02 Å². The minimum atomic E-state index is -0.558. The number of halogens is 1. The van der Waals surface area contributed by atoms with Crippen molar-refractivity contribution in [3.8, 4) is 0 Å². The predicted octanol–water partition coefficient (Wildman–Crippen LogP) is 3.59. The molecular formula is C12H21ClN2O. The molecular weight excluding hydrogens is 224 g/mol. The van der Waals surface area contributed by atoms with Crippen molar-refractivity contribution < 1.29 is 5.11 Å². The van der Waals surface area contributed by atoms with Crippen LogP contribution >= 0.6 is 11.6 Å². The molecule has 4 heteroatoms. The van der Waals surface area contributed by atoms with Crippen LogP contribution in [0, 0.1) is 5.41 Å². The highest BCUT2D eigenvalue weighted by molar-refractivity contribution is 6.31. The monoisotopic (exact) mass is 244 g/mol. The molecule has 0 aliphatic heterocycles. The van der Waals surface area contributed by atoms with Crippen LogP contribution in [0.15, 0.2) is 6.20 Å². The fourth-order valence-corrected chi connectivity index (χ4v) is 2.01. The quantitative estimate of drug-likeness (QED) is 0.883. The Kier molecular flexibility index (Phi) is 4.02. The van der Waals surface area contributed by atoms with Crippen LogP contribution in [-0.2, 0) is 0 Å². The number of aliphatic hydroxyl groups is 1. The first kappa shape index (κ1) is 13.5. The van der Waals surface area contributed by atoms with E-state index < -0.39 is 6.10 Å². The summed E-state index contributed by atoms with van der Waals surface area (Å²) in [5.41, 5.74) is 0.793. The zero-order valence-electron chi connectivity index (χ0n) is 10.7. The Morgan fingerprint density at radius 1 is 1.44 bits per heavy atom. The summed E-state index contributed by atoms with van der Waals surface area (Å²) in [5.74, 6) is 0. The normalized spacial score (nSPS) is 14.5. The molecule has 1 atom stereocenters. The van der Waals surface area contributed by atoms with Crippen molar-refractivity contribution in [2.75, 3.05) is 0 Å². The lowest BCUT2D eigenvalue weighted by Gasteiger charge is -2.24. The van der Waals surface area contributed by atoms with Gasteiger partial charge in [0.15, 0.2) is 0 Å². The molecule has 16 heavy (non-hydrogen) atoms. The molecule has 0 fully saturated rings. The van der Waals surface area contributed by atoms with Gasteiger partial charge in [-0.3, -0.25) is 4.68 Å². The van der Waals surface area contributed by atoms with Crippen molar-refractivity contribution in [1.82, 2.24) is 9.78 Å². The minimum absolute atomic E-state index is 0.0643. The number of hydrogen-bond donors (Lipinski definition) is 1. The van der Waals surface area contributed by atoms with Crippen LogP contribution in [0.25, 0.3) is 0 Å². The van der Waals surface area contributed by atoms with E-state index in [2.05, 4.69) is 25.9 Å². The third-order valence-corrected chi connectivity index (χ3v) is 2.69. The van der Waals surface area contributed by atoms with Gasteiger partial charge in [0.2, 0.25) is 0 Å². The van der Waals surface area contributed by atoms with Crippen molar-refractivity contribution in [3.63, 3.8) is 0 Å². The number of aliphatic hydroxyl groups excluding tert-OH is 1. The van der Waals surface area contributed by atoms with E-state index in [-0.39, 0.29) is 11.5 Å². The highest BCUT2D eigenvalue weighted by Gasteiger charge is 2.24. The third kappa shape index (κ3) is 3.22. The summed E-state index contributed by atoms with van der Waals surface area (Å²) < 4.78 is 1.79. The van der Waals surface area contributed by atoms with Gasteiger partial charge in [-0.05, 0) is 25.7 Å². The van der Waals surface area contributed by atoms with Gasteiger partial charge in [0.05, 0.1) is 23.0 Å². The van der Waals surface area contributed by atoms with Gasteiger partial charge in [-0.1, -0.05) is 32.4 Å². The zero-order chi connectivity index (χ0) is 12.5. The average molecular weight is 245 g/mol. The van der Waals surface area contributed by atoms with E-state index in [1.165, 1.54) is 0 Å². The van der Waals surface area contributed by atoms with Gasteiger partial charge in [0.1, 0.15) is 0 Å². The molecule has 1 aromatic rings. The largest absolute Gasteiger partial charge is 0.387 e. The predicted molar refractivity (Wildman–Crippen MR) is 66.7 cm³/mol. The maximum absolute atomic E-state index is 10.2. The Labute approximate surface area is 102 Å². The first-order valence-corrected chi connectivity index (χ1v) is 6.01. The standard InChI is InChI=1S/C12H21ClN2O/c1-8(2)15-11(9(13)7-14-15)10(16)6-12(3,4)5/h7-8,10,16H,6H2,1-5H3. The van der Waals surface area contributed by atoms with Crippen molar-refractivity contribution >= 4 is 11.6 Å². The van der Waals surface area contributed by atoms with Crippen LogP contribution < -0.4 is 0 Å². The first-order chi connectivity index (χ1) is 7.22. The summed E-state index contributed by atoms with van der Waals surface area (Å²) >= 11 is 6.07. The molecule has 1 unspecified atom stereocenters. The minimum Gasteiger partial charge on any atom is -0.387 e. The molecule has 0 saturated heterocycles. The molecule has 1 heterocycles. The lowest BCUT2D eigenvalue weighted by atomic mass is 9.88. The molecule has 0 bridgehead atoms. The fraction of sp³-hybridized carbons (Fsp3) is 0.750. The highest BCUT2D eigenvalue weighted by Crippen LogP contribution is 2.33. The van der Waals surface area contributed by atoms with E-state index in [1.807, 2.05) is 13.8 Å². The summed E-state index contributed by atoms with van der Waals surface area (Å²) in [5, 5.41) is 14.9. The molecule has 0 aliphatic carbocycles. The summed E-state index contributed by atoms with van der Waals surface area (Å²) in [7, 11) is 0. The molecule has 0 aromatic carbocycles. The second-order valence-electron chi connectivity index (χ2n) is 5.70. The molecule has 0 radical (unpaired) electrons. The molecule has 92 valence electrons. The van der Waals surface area contributed by atoms with Gasteiger partial charge >= 0.3 is 0 Å². The maximum atomic E-state index is 10.2. The Bertz CT molecular complexity index is 352. The Morgan fingerprint density at radius 2 is 2.00 bits per heavy atom. The van der Waals surface area contributed by atoms with Gasteiger partial charge in [-0.25, -0.2) is 0 Å². The maximum Gasteiger partial charge on any atom is 0.0976 e. The molecule has 0 spiro atoms. The van der Waals surface area contributed by atoms with Crippen LogP contribution in [0.3, 0.4) is 0 Å². The Balaban J connectivity index is 2.98. The van der Waals surface area contributed by atoms with E-state index in [1.54, 1.807) is 10.9 Å². The van der Waals surface area contributed by atoms with Gasteiger partial charge in [0, 0.05) is 6.04 Å². The molecule has 0 aliphatic rings. The third-order valence-electron chi connectivity index (χ3n) is 2.40. The van der Waals surface area contributed by atoms with E-state index in [4.69, 9.17) is 11.6 Å². The summed E-state index contributed by atoms with van der Waals surface area (Å²) in [6, 6.07) is 0.206. The Hall–Kier alpha value is -0.540. The molecule has 1 rings (SSSR count). The van der Waals surface area contributed by atoms with Gasteiger partial charge in [-0.2, -0.15) is 5.10 Å². The smallest absolute Gasteiger partial charge is 0.0976 e. The lowest BCUT2D eigenvalue weighted by molar-refractivity contribution is 0.112. The average Bonchev–Trinajstić information content (AvgIpc) is 2.43. The van der Waals surface area contributed by atoms with Crippen molar-refractivity contribution in [2.45, 2.75) is 53.2 Å². The number of hydrogen-bond acceptors (Lipinski definition) is 2. The van der Waals surface area contributed by atoms with Crippen molar-refractivity contribution in [2.24, 2.45) is 5.41 Å². The number of nitrogens with zero attached hydrogens (tertiary/aromatic N) is 2. The second kappa shape index (κ2) is 4.76. The van der Waals surface area contributed by atoms with Gasteiger partial charge < -0.3 is 5.11 Å². The van der Waals surface area contributed by atoms with Crippen molar-refractivity contribution in [3.05, 3.63) is 16.9 Å². The highest BCUT2D eigenvalue weighted by atomic mass is 35.5. The second-order valence-corrected chi connectivity index (χ2v) is 6.10. The van der Waals surface area contributed by atoms with Crippen LogP contribution in [0.4, 0.5) is 0 Å². The van der Waals surface area contributed by atoms with Crippen LogP contribution in [0.5, 0.6) is 0 Å². The van der Waals surface area contributed by atoms with E-state index in [9.17, 15) is 5.11 Å². The molecule has 0 saturated carbocycles. The summed E-state index contributed by atoms with van der Waals surface area (Å²) in [4.78, 5) is 0. The zero-order valence-corrected chi connectivity index (χ0v) is 11.4. The SMILES string of the molecule is CC(C)n1ncc(Cl)c1C(O)CC(C)(C)C. The van der Waals surface area contributed by atoms with E-state index >= 15 is 0 Å². The molecule has 0 amide bonds. The Morgan fingerprint density at radius 3 is 2.44 bits per heavy atom. The van der Waals surface area contributed by atoms with E-state index in [0.717, 1.165) is 5.69 Å². The van der Waals surface area contributed by atoms with Crippen LogP contribution in [0.1, 0.15) is 58.9 Å². The van der Waals surface area contributed by atoms with Crippen LogP contribution in [-0.4, -0.2) is 14.9 Å². The first-order valence-electron chi connectivity index (χ1n) is 5.63. The summed E-state index contributed by atoms with van der Waals surface area (Å²) in [6.45, 7) is 10.3. The number of rotatable bonds is 3. The molecule has 1 N–H and O–H groups in total. The van der Waals surface area contributed by atoms with Gasteiger partial charge in [-0.15, -0.1) is 0 Å². The number of aromatic nitrogens is 2. The fourth-order valence-electron chi connectivity index (χ4n) is 1.75. The van der Waals surface area contributed by atoms with Crippen molar-refractivity contribution in [1.29, 1.82) is 0 Å².